The minimum atomic E-state index is 0.0272. The lowest BCUT2D eigenvalue weighted by molar-refractivity contribution is -0.127. The minimum Gasteiger partial charge on any atom is -0.352 e. The Morgan fingerprint density at radius 1 is 1.18 bits per heavy atom. The molecule has 1 amide bonds. The zero-order chi connectivity index (χ0) is 15.9. The van der Waals surface area contributed by atoms with E-state index < -0.39 is 0 Å². The summed E-state index contributed by atoms with van der Waals surface area (Å²) < 4.78 is 0. The zero-order valence-electron chi connectivity index (χ0n) is 14.7. The topological polar surface area (TPSA) is 44.4 Å². The predicted octanol–water partition coefficient (Wildman–Crippen LogP) is 2.39. The van der Waals surface area contributed by atoms with Crippen molar-refractivity contribution in [3.05, 3.63) is 0 Å². The summed E-state index contributed by atoms with van der Waals surface area (Å²) in [5.41, 5.74) is 0. The highest BCUT2D eigenvalue weighted by Crippen LogP contribution is 2.25. The van der Waals surface area contributed by atoms with Crippen LogP contribution in [0.2, 0.25) is 0 Å². The fourth-order valence-electron chi connectivity index (χ4n) is 3.98. The SMILES string of the molecule is CNCCC1CCN(C(C)C(=O)NC2CCCCC2C)CC1. The fourth-order valence-corrected chi connectivity index (χ4v) is 3.98. The predicted molar refractivity (Wildman–Crippen MR) is 91.9 cm³/mol. The van der Waals surface area contributed by atoms with Crippen LogP contribution in [-0.2, 0) is 4.79 Å². The molecule has 2 rings (SSSR count). The van der Waals surface area contributed by atoms with Gasteiger partial charge in [0.2, 0.25) is 5.91 Å². The first-order chi connectivity index (χ1) is 10.6. The average Bonchev–Trinajstić information content (AvgIpc) is 2.55. The van der Waals surface area contributed by atoms with Crippen molar-refractivity contribution in [1.82, 2.24) is 15.5 Å². The van der Waals surface area contributed by atoms with Gasteiger partial charge in [-0.2, -0.15) is 0 Å². The van der Waals surface area contributed by atoms with Gasteiger partial charge in [0.15, 0.2) is 0 Å². The second-order valence-corrected chi connectivity index (χ2v) is 7.42. The van der Waals surface area contributed by atoms with E-state index in [0.717, 1.165) is 32.0 Å². The molecule has 4 heteroatoms. The highest BCUT2D eigenvalue weighted by atomic mass is 16.2. The first-order valence-electron chi connectivity index (χ1n) is 9.30. The quantitative estimate of drug-likeness (QED) is 0.792. The summed E-state index contributed by atoms with van der Waals surface area (Å²) in [6, 6.07) is 0.427. The van der Waals surface area contributed by atoms with Gasteiger partial charge in [-0.25, -0.2) is 0 Å². The van der Waals surface area contributed by atoms with Gasteiger partial charge in [-0.15, -0.1) is 0 Å². The second-order valence-electron chi connectivity index (χ2n) is 7.42. The molecule has 128 valence electrons. The lowest BCUT2D eigenvalue weighted by atomic mass is 9.86. The molecule has 22 heavy (non-hydrogen) atoms. The highest BCUT2D eigenvalue weighted by molar-refractivity contribution is 5.81. The molecule has 0 radical (unpaired) electrons. The van der Waals surface area contributed by atoms with E-state index in [2.05, 4.69) is 29.4 Å². The van der Waals surface area contributed by atoms with Gasteiger partial charge in [-0.05, 0) is 77.5 Å². The first kappa shape index (κ1) is 17.7. The van der Waals surface area contributed by atoms with E-state index in [1.807, 2.05) is 7.05 Å². The maximum atomic E-state index is 12.5. The summed E-state index contributed by atoms with van der Waals surface area (Å²) in [5, 5.41) is 6.56. The van der Waals surface area contributed by atoms with Gasteiger partial charge in [0.05, 0.1) is 6.04 Å². The third-order valence-electron chi connectivity index (χ3n) is 5.82. The number of nitrogens with one attached hydrogen (secondary N) is 2. The molecule has 1 heterocycles. The van der Waals surface area contributed by atoms with Crippen molar-refractivity contribution >= 4 is 5.91 Å². The van der Waals surface area contributed by atoms with Crippen molar-refractivity contribution < 1.29 is 4.79 Å². The number of likely N-dealkylation sites (tertiary alicyclic amines) is 1. The van der Waals surface area contributed by atoms with Gasteiger partial charge in [0, 0.05) is 6.04 Å². The largest absolute Gasteiger partial charge is 0.352 e. The molecule has 1 aliphatic heterocycles. The summed E-state index contributed by atoms with van der Waals surface area (Å²) in [6.45, 7) is 7.62. The molecule has 0 bridgehead atoms. The number of carbonyl (C=O) groups excluding carboxylic acids is 1. The molecule has 2 fully saturated rings. The van der Waals surface area contributed by atoms with Crippen LogP contribution in [0.5, 0.6) is 0 Å². The molecular weight excluding hydrogens is 274 g/mol. The van der Waals surface area contributed by atoms with Crippen LogP contribution in [0.25, 0.3) is 0 Å². The van der Waals surface area contributed by atoms with Crippen molar-refractivity contribution in [2.75, 3.05) is 26.7 Å². The Labute approximate surface area is 136 Å². The molecule has 1 saturated heterocycles. The van der Waals surface area contributed by atoms with Gasteiger partial charge in [0.1, 0.15) is 0 Å². The van der Waals surface area contributed by atoms with E-state index in [-0.39, 0.29) is 11.9 Å². The second kappa shape index (κ2) is 8.88. The first-order valence-corrected chi connectivity index (χ1v) is 9.30. The van der Waals surface area contributed by atoms with E-state index in [1.54, 1.807) is 0 Å². The number of rotatable bonds is 6. The summed E-state index contributed by atoms with van der Waals surface area (Å²) in [4.78, 5) is 14.9. The number of nitrogens with zero attached hydrogens (tertiary/aromatic N) is 1. The summed E-state index contributed by atoms with van der Waals surface area (Å²) in [7, 11) is 2.02. The Morgan fingerprint density at radius 3 is 2.50 bits per heavy atom. The van der Waals surface area contributed by atoms with E-state index >= 15 is 0 Å². The Bertz CT molecular complexity index is 339. The van der Waals surface area contributed by atoms with Crippen molar-refractivity contribution in [1.29, 1.82) is 0 Å². The normalized spacial score (nSPS) is 29.2. The lowest BCUT2D eigenvalue weighted by Gasteiger charge is -2.37. The monoisotopic (exact) mass is 309 g/mol. The third kappa shape index (κ3) is 4.95. The standard InChI is InChI=1S/C18H35N3O/c1-14-6-4-5-7-17(14)20-18(22)15(2)21-12-9-16(10-13-21)8-11-19-3/h14-17,19H,4-13H2,1-3H3,(H,20,22). The van der Waals surface area contributed by atoms with Crippen LogP contribution in [0, 0.1) is 11.8 Å². The van der Waals surface area contributed by atoms with Crippen molar-refractivity contribution in [2.45, 2.75) is 70.9 Å². The molecule has 3 unspecified atom stereocenters. The molecule has 2 aliphatic rings. The molecule has 2 N–H and O–H groups in total. The van der Waals surface area contributed by atoms with E-state index in [0.29, 0.717) is 12.0 Å². The molecule has 0 aromatic carbocycles. The maximum absolute atomic E-state index is 12.5. The molecule has 0 spiro atoms. The Balaban J connectivity index is 1.74. The van der Waals surface area contributed by atoms with E-state index in [1.165, 1.54) is 38.5 Å². The van der Waals surface area contributed by atoms with Crippen LogP contribution in [0.4, 0.5) is 0 Å². The summed E-state index contributed by atoms with van der Waals surface area (Å²) >= 11 is 0. The highest BCUT2D eigenvalue weighted by Gasteiger charge is 2.29. The summed E-state index contributed by atoms with van der Waals surface area (Å²) in [6.07, 6.45) is 8.74. The van der Waals surface area contributed by atoms with Gasteiger partial charge in [-0.3, -0.25) is 9.69 Å². The molecular formula is C18H35N3O. The lowest BCUT2D eigenvalue weighted by Crippen LogP contribution is -2.52. The number of hydrogen-bond donors (Lipinski definition) is 2. The Kier molecular flexibility index (Phi) is 7.16. The smallest absolute Gasteiger partial charge is 0.237 e. The molecule has 1 saturated carbocycles. The fraction of sp³-hybridized carbons (Fsp3) is 0.944. The van der Waals surface area contributed by atoms with Crippen LogP contribution >= 0.6 is 0 Å². The van der Waals surface area contributed by atoms with E-state index in [4.69, 9.17) is 0 Å². The Hall–Kier alpha value is -0.610. The molecule has 1 aliphatic carbocycles. The van der Waals surface area contributed by atoms with Crippen LogP contribution in [0.1, 0.15) is 58.8 Å². The molecule has 0 aromatic heterocycles. The summed E-state index contributed by atoms with van der Waals surface area (Å²) in [5.74, 6) is 1.71. The van der Waals surface area contributed by atoms with Crippen molar-refractivity contribution in [2.24, 2.45) is 11.8 Å². The van der Waals surface area contributed by atoms with Crippen LogP contribution in [0.3, 0.4) is 0 Å². The number of carbonyl (C=O) groups is 1. The van der Waals surface area contributed by atoms with Gasteiger partial charge >= 0.3 is 0 Å². The van der Waals surface area contributed by atoms with Gasteiger partial charge in [0.25, 0.3) is 0 Å². The van der Waals surface area contributed by atoms with Crippen LogP contribution in [0.15, 0.2) is 0 Å². The number of amides is 1. The molecule has 3 atom stereocenters. The number of hydrogen-bond acceptors (Lipinski definition) is 3. The third-order valence-corrected chi connectivity index (χ3v) is 5.82. The number of piperidine rings is 1. The van der Waals surface area contributed by atoms with Gasteiger partial charge in [-0.1, -0.05) is 19.8 Å². The van der Waals surface area contributed by atoms with Crippen molar-refractivity contribution in [3.63, 3.8) is 0 Å². The minimum absolute atomic E-state index is 0.0272. The molecule has 4 nitrogen and oxygen atoms in total. The maximum Gasteiger partial charge on any atom is 0.237 e. The average molecular weight is 309 g/mol. The van der Waals surface area contributed by atoms with E-state index in [9.17, 15) is 4.79 Å². The Morgan fingerprint density at radius 2 is 1.86 bits per heavy atom. The molecule has 0 aromatic rings. The van der Waals surface area contributed by atoms with Crippen LogP contribution < -0.4 is 10.6 Å². The van der Waals surface area contributed by atoms with Gasteiger partial charge < -0.3 is 10.6 Å². The van der Waals surface area contributed by atoms with Crippen LogP contribution in [-0.4, -0.2) is 49.6 Å². The zero-order valence-corrected chi connectivity index (χ0v) is 14.7. The van der Waals surface area contributed by atoms with Crippen molar-refractivity contribution in [3.8, 4) is 0 Å².